The zero-order valence-electron chi connectivity index (χ0n) is 20.3. The number of fused-ring (bicyclic) bond motifs is 1. The van der Waals surface area contributed by atoms with Crippen LogP contribution in [0.15, 0.2) is 47.3 Å². The summed E-state index contributed by atoms with van der Waals surface area (Å²) in [6, 6.07) is 12.5. The van der Waals surface area contributed by atoms with Gasteiger partial charge in [0.25, 0.3) is 5.56 Å². The first-order valence-corrected chi connectivity index (χ1v) is 12.9. The first-order chi connectivity index (χ1) is 17.0. The third kappa shape index (κ3) is 6.61. The number of rotatable bonds is 10. The van der Waals surface area contributed by atoms with Gasteiger partial charge in [0.15, 0.2) is 0 Å². The molecule has 1 fully saturated rings. The van der Waals surface area contributed by atoms with Gasteiger partial charge in [-0.15, -0.1) is 0 Å². The Morgan fingerprint density at radius 3 is 2.74 bits per heavy atom. The molecule has 4 rings (SSSR count). The molecule has 186 valence electrons. The topological polar surface area (TPSA) is 76.5 Å². The first-order valence-electron chi connectivity index (χ1n) is 12.5. The third-order valence-electron chi connectivity index (χ3n) is 6.22. The number of nitrogens with one attached hydrogen (secondary N) is 1. The summed E-state index contributed by atoms with van der Waals surface area (Å²) in [5.74, 6) is 0.808. The van der Waals surface area contributed by atoms with Gasteiger partial charge in [-0.25, -0.2) is 4.98 Å². The van der Waals surface area contributed by atoms with Crippen LogP contribution in [0.2, 0.25) is 5.02 Å². The predicted octanol–water partition coefficient (Wildman–Crippen LogP) is 4.50. The Labute approximate surface area is 211 Å². The summed E-state index contributed by atoms with van der Waals surface area (Å²) in [6.07, 6.45) is 5.63. The van der Waals surface area contributed by atoms with Crippen LogP contribution in [0.25, 0.3) is 22.3 Å². The van der Waals surface area contributed by atoms with E-state index in [9.17, 15) is 9.59 Å². The van der Waals surface area contributed by atoms with E-state index in [0.29, 0.717) is 46.2 Å². The number of nitrogens with zero attached hydrogens (tertiary/aromatic N) is 3. The highest BCUT2D eigenvalue weighted by molar-refractivity contribution is 6.30. The van der Waals surface area contributed by atoms with Crippen molar-refractivity contribution in [3.05, 3.63) is 57.8 Å². The van der Waals surface area contributed by atoms with Crippen LogP contribution in [-0.4, -0.2) is 53.1 Å². The Balaban J connectivity index is 1.59. The van der Waals surface area contributed by atoms with Crippen LogP contribution in [0.1, 0.15) is 39.0 Å². The molecule has 0 aliphatic carbocycles. The average molecular weight is 497 g/mol. The lowest BCUT2D eigenvalue weighted by Gasteiger charge is -2.26. The molecule has 0 radical (unpaired) electrons. The fourth-order valence-corrected chi connectivity index (χ4v) is 4.60. The number of aromatic nitrogens is 2. The van der Waals surface area contributed by atoms with Crippen LogP contribution in [0.5, 0.6) is 5.75 Å². The number of hydrogen-bond acceptors (Lipinski definition) is 5. The van der Waals surface area contributed by atoms with E-state index >= 15 is 0 Å². The lowest BCUT2D eigenvalue weighted by Crippen LogP contribution is -2.34. The summed E-state index contributed by atoms with van der Waals surface area (Å²) in [6.45, 7) is 6.36. The zero-order chi connectivity index (χ0) is 24.6. The highest BCUT2D eigenvalue weighted by atomic mass is 35.5. The van der Waals surface area contributed by atoms with Gasteiger partial charge in [-0.05, 0) is 69.1 Å². The molecule has 7 nitrogen and oxygen atoms in total. The van der Waals surface area contributed by atoms with Gasteiger partial charge in [-0.2, -0.15) is 0 Å². The molecule has 1 aliphatic rings. The summed E-state index contributed by atoms with van der Waals surface area (Å²) in [5.41, 5.74) is 0.948. The second kappa shape index (κ2) is 12.2. The normalized spacial score (nSPS) is 14.2. The molecule has 35 heavy (non-hydrogen) atoms. The van der Waals surface area contributed by atoms with Gasteiger partial charge in [-0.3, -0.25) is 14.2 Å². The molecule has 0 saturated carbocycles. The van der Waals surface area contributed by atoms with Crippen molar-refractivity contribution in [1.29, 1.82) is 0 Å². The first kappa shape index (κ1) is 25.2. The summed E-state index contributed by atoms with van der Waals surface area (Å²) in [7, 11) is 0. The van der Waals surface area contributed by atoms with Crippen LogP contribution in [-0.2, 0) is 11.3 Å². The van der Waals surface area contributed by atoms with Crippen molar-refractivity contribution in [2.75, 3.05) is 32.8 Å². The van der Waals surface area contributed by atoms with Crippen LogP contribution in [0.3, 0.4) is 0 Å². The highest BCUT2D eigenvalue weighted by Crippen LogP contribution is 2.24. The standard InChI is InChI=1S/C27H33ClN4O3/c1-2-12-29-25(33)19-32-26(20-8-6-9-21(28)17-20)30-24-11-10-22(18-23(24)27(32)34)35-16-7-15-31-13-4-3-5-14-31/h6,8-11,17-18H,2-5,7,12-16,19H2,1H3,(H,29,33). The van der Waals surface area contributed by atoms with Crippen molar-refractivity contribution in [3.8, 4) is 17.1 Å². The average Bonchev–Trinajstić information content (AvgIpc) is 2.87. The van der Waals surface area contributed by atoms with Crippen molar-refractivity contribution >= 4 is 28.4 Å². The second-order valence-electron chi connectivity index (χ2n) is 8.97. The molecule has 1 aliphatic heterocycles. The molecule has 0 bridgehead atoms. The molecule has 0 spiro atoms. The van der Waals surface area contributed by atoms with E-state index in [-0.39, 0.29) is 18.0 Å². The predicted molar refractivity (Wildman–Crippen MR) is 140 cm³/mol. The van der Waals surface area contributed by atoms with Crippen LogP contribution in [0, 0.1) is 0 Å². The molecule has 8 heteroatoms. The van der Waals surface area contributed by atoms with Gasteiger partial charge < -0.3 is 15.0 Å². The molecule has 2 heterocycles. The Kier molecular flexibility index (Phi) is 8.77. The maximum Gasteiger partial charge on any atom is 0.262 e. The van der Waals surface area contributed by atoms with Gasteiger partial charge in [0.1, 0.15) is 18.1 Å². The van der Waals surface area contributed by atoms with Crippen molar-refractivity contribution in [3.63, 3.8) is 0 Å². The van der Waals surface area contributed by atoms with Crippen molar-refractivity contribution in [1.82, 2.24) is 19.8 Å². The summed E-state index contributed by atoms with van der Waals surface area (Å²) in [5, 5.41) is 3.80. The number of carbonyl (C=O) groups is 1. The van der Waals surface area contributed by atoms with E-state index in [2.05, 4.69) is 10.2 Å². The molecule has 1 aromatic heterocycles. The van der Waals surface area contributed by atoms with E-state index in [4.69, 9.17) is 21.3 Å². The molecule has 1 amide bonds. The van der Waals surface area contributed by atoms with E-state index in [1.807, 2.05) is 19.1 Å². The van der Waals surface area contributed by atoms with Crippen LogP contribution < -0.4 is 15.6 Å². The monoisotopic (exact) mass is 496 g/mol. The molecule has 1 saturated heterocycles. The van der Waals surface area contributed by atoms with E-state index < -0.39 is 0 Å². The number of piperidine rings is 1. The fraction of sp³-hybridized carbons (Fsp3) is 0.444. The SMILES string of the molecule is CCCNC(=O)Cn1c(-c2cccc(Cl)c2)nc2ccc(OCCCN3CCCCC3)cc2c1=O. The Bertz CT molecular complexity index is 1220. The highest BCUT2D eigenvalue weighted by Gasteiger charge is 2.17. The molecular formula is C27H33ClN4O3. The fourth-order valence-electron chi connectivity index (χ4n) is 4.41. The third-order valence-corrected chi connectivity index (χ3v) is 6.45. The molecule has 1 N–H and O–H groups in total. The quantitative estimate of drug-likeness (QED) is 0.418. The van der Waals surface area contributed by atoms with E-state index in [1.54, 1.807) is 30.3 Å². The van der Waals surface area contributed by atoms with Gasteiger partial charge in [0.2, 0.25) is 5.91 Å². The minimum absolute atomic E-state index is 0.120. The molecule has 0 atom stereocenters. The van der Waals surface area contributed by atoms with E-state index in [0.717, 1.165) is 19.4 Å². The van der Waals surface area contributed by atoms with Crippen LogP contribution >= 0.6 is 11.6 Å². The lowest BCUT2D eigenvalue weighted by atomic mass is 10.1. The number of ether oxygens (including phenoxy) is 1. The number of amides is 1. The number of carbonyl (C=O) groups excluding carboxylic acids is 1. The van der Waals surface area contributed by atoms with Crippen molar-refractivity contribution in [2.45, 2.75) is 45.6 Å². The van der Waals surface area contributed by atoms with Gasteiger partial charge in [0.05, 0.1) is 17.5 Å². The molecular weight excluding hydrogens is 464 g/mol. The smallest absolute Gasteiger partial charge is 0.262 e. The van der Waals surface area contributed by atoms with Crippen molar-refractivity contribution < 1.29 is 9.53 Å². The zero-order valence-corrected chi connectivity index (χ0v) is 21.0. The Morgan fingerprint density at radius 1 is 1.14 bits per heavy atom. The number of benzene rings is 2. The minimum atomic E-state index is -0.282. The largest absolute Gasteiger partial charge is 0.494 e. The molecule has 0 unspecified atom stereocenters. The number of halogens is 1. The van der Waals surface area contributed by atoms with Crippen molar-refractivity contribution in [2.24, 2.45) is 0 Å². The van der Waals surface area contributed by atoms with E-state index in [1.165, 1.54) is 36.9 Å². The van der Waals surface area contributed by atoms with Gasteiger partial charge >= 0.3 is 0 Å². The molecule has 2 aromatic carbocycles. The Hall–Kier alpha value is -2.90. The second-order valence-corrected chi connectivity index (χ2v) is 9.41. The number of hydrogen-bond donors (Lipinski definition) is 1. The summed E-state index contributed by atoms with van der Waals surface area (Å²) >= 11 is 6.20. The summed E-state index contributed by atoms with van der Waals surface area (Å²) in [4.78, 5) is 33.3. The van der Waals surface area contributed by atoms with Crippen LogP contribution in [0.4, 0.5) is 0 Å². The summed E-state index contributed by atoms with van der Waals surface area (Å²) < 4.78 is 7.38. The maximum absolute atomic E-state index is 13.6. The lowest BCUT2D eigenvalue weighted by molar-refractivity contribution is -0.121. The number of likely N-dealkylation sites (tertiary alicyclic amines) is 1. The Morgan fingerprint density at radius 2 is 1.97 bits per heavy atom. The minimum Gasteiger partial charge on any atom is -0.494 e. The van der Waals surface area contributed by atoms with Gasteiger partial charge in [-0.1, -0.05) is 37.1 Å². The molecule has 3 aromatic rings. The maximum atomic E-state index is 13.6. The van der Waals surface area contributed by atoms with Gasteiger partial charge in [0, 0.05) is 23.7 Å².